The van der Waals surface area contributed by atoms with E-state index in [1.54, 1.807) is 39.0 Å². The zero-order valence-electron chi connectivity index (χ0n) is 14.3. The summed E-state index contributed by atoms with van der Waals surface area (Å²) in [6.45, 7) is 8.32. The minimum absolute atomic E-state index is 0.0708. The highest BCUT2D eigenvalue weighted by atomic mass is 127. The first kappa shape index (κ1) is 23.5. The van der Waals surface area contributed by atoms with Gasteiger partial charge in [-0.15, -0.1) is 6.58 Å². The molecule has 4 nitrogen and oxygen atoms in total. The minimum Gasteiger partial charge on any atom is -0.369 e. The Bertz CT molecular complexity index is 495. The van der Waals surface area contributed by atoms with Gasteiger partial charge >= 0.3 is 0 Å². The molecule has 0 heterocycles. The van der Waals surface area contributed by atoms with E-state index in [4.69, 9.17) is 17.3 Å². The maximum absolute atomic E-state index is 12.8. The quantitative estimate of drug-likeness (QED) is 0.193. The number of amides is 2. The SMILES string of the molecule is C=CCC/C(Cl)=C/C=C(\CSI)C(=O)N(CCC)CC(C)C(N)=O. The molecule has 0 aromatic rings. The average Bonchev–Trinajstić information content (AvgIpc) is 2.55. The molecular weight excluding hydrogens is 459 g/mol. The number of rotatable bonds is 12. The Morgan fingerprint density at radius 2 is 2.08 bits per heavy atom. The van der Waals surface area contributed by atoms with Gasteiger partial charge in [0, 0.05) is 29.4 Å². The molecule has 7 heteroatoms. The van der Waals surface area contributed by atoms with Crippen molar-refractivity contribution in [2.45, 2.75) is 33.1 Å². The molecule has 1 unspecified atom stereocenters. The summed E-state index contributed by atoms with van der Waals surface area (Å²) < 4.78 is 0. The Hall–Kier alpha value is -0.470. The highest BCUT2D eigenvalue weighted by molar-refractivity contribution is 14.2. The number of primary amides is 1. The molecule has 0 bridgehead atoms. The van der Waals surface area contributed by atoms with Crippen LogP contribution in [0.4, 0.5) is 0 Å². The van der Waals surface area contributed by atoms with Crippen molar-refractivity contribution in [3.8, 4) is 0 Å². The molecule has 0 fully saturated rings. The van der Waals surface area contributed by atoms with Crippen LogP contribution in [0.2, 0.25) is 0 Å². The summed E-state index contributed by atoms with van der Waals surface area (Å²) in [6.07, 6.45) is 7.67. The van der Waals surface area contributed by atoms with E-state index >= 15 is 0 Å². The maximum Gasteiger partial charge on any atom is 0.250 e. The van der Waals surface area contributed by atoms with Crippen LogP contribution in [0.1, 0.15) is 33.1 Å². The Labute approximate surface area is 166 Å². The summed E-state index contributed by atoms with van der Waals surface area (Å²) in [4.78, 5) is 25.8. The van der Waals surface area contributed by atoms with Crippen LogP contribution in [0.15, 0.2) is 35.4 Å². The van der Waals surface area contributed by atoms with Gasteiger partial charge in [0.2, 0.25) is 5.91 Å². The Morgan fingerprint density at radius 3 is 2.58 bits per heavy atom. The number of nitrogens with zero attached hydrogens (tertiary/aromatic N) is 1. The topological polar surface area (TPSA) is 63.4 Å². The van der Waals surface area contributed by atoms with Gasteiger partial charge in [0.1, 0.15) is 0 Å². The molecule has 0 spiro atoms. The minimum atomic E-state index is -0.398. The molecule has 0 aromatic heterocycles. The first-order valence-corrected chi connectivity index (χ1v) is 11.8. The molecule has 2 N–H and O–H groups in total. The lowest BCUT2D eigenvalue weighted by atomic mass is 10.1. The van der Waals surface area contributed by atoms with E-state index in [-0.39, 0.29) is 11.8 Å². The summed E-state index contributed by atoms with van der Waals surface area (Å²) in [5, 5.41) is 0.686. The van der Waals surface area contributed by atoms with E-state index in [0.717, 1.165) is 12.8 Å². The van der Waals surface area contributed by atoms with Crippen LogP contribution in [-0.2, 0) is 9.59 Å². The predicted octanol–water partition coefficient (Wildman–Crippen LogP) is 4.44. The molecule has 0 saturated carbocycles. The maximum atomic E-state index is 12.8. The van der Waals surface area contributed by atoms with Gasteiger partial charge in [-0.1, -0.05) is 46.5 Å². The summed E-state index contributed by atoms with van der Waals surface area (Å²) >= 11 is 8.31. The molecule has 0 aliphatic heterocycles. The predicted molar refractivity (Wildman–Crippen MR) is 113 cm³/mol. The molecule has 0 rings (SSSR count). The fraction of sp³-hybridized carbons (Fsp3) is 0.529. The number of allylic oxidation sites excluding steroid dienone is 4. The number of hydrogen-bond acceptors (Lipinski definition) is 3. The second kappa shape index (κ2) is 13.8. The van der Waals surface area contributed by atoms with Crippen molar-refractivity contribution >= 4 is 53.6 Å². The van der Waals surface area contributed by atoms with Crippen molar-refractivity contribution in [2.24, 2.45) is 11.7 Å². The third kappa shape index (κ3) is 9.74. The normalized spacial score (nSPS) is 13.5. The molecule has 0 radical (unpaired) electrons. The standard InChI is InChI=1S/C17H26ClIN2O2S/c1-4-6-7-15(18)9-8-14(12-24-19)17(23)21(10-5-2)11-13(3)16(20)22/h4,8-9,13H,1,5-7,10-12H2,2-3H3,(H2,20,22)/b14-8+,15-9-. The van der Waals surface area contributed by atoms with Crippen molar-refractivity contribution in [3.63, 3.8) is 0 Å². The number of carbonyl (C=O) groups is 2. The summed E-state index contributed by atoms with van der Waals surface area (Å²) in [5.41, 5.74) is 5.99. The number of nitrogens with two attached hydrogens (primary N) is 1. The van der Waals surface area contributed by atoms with E-state index < -0.39 is 5.91 Å². The number of hydrogen-bond donors (Lipinski definition) is 1. The number of carbonyl (C=O) groups excluding carboxylic acids is 2. The highest BCUT2D eigenvalue weighted by Crippen LogP contribution is 2.19. The Morgan fingerprint density at radius 1 is 1.42 bits per heavy atom. The van der Waals surface area contributed by atoms with Crippen molar-refractivity contribution < 1.29 is 9.59 Å². The van der Waals surface area contributed by atoms with Crippen molar-refractivity contribution in [1.82, 2.24) is 4.90 Å². The van der Waals surface area contributed by atoms with Crippen LogP contribution in [0, 0.1) is 5.92 Å². The van der Waals surface area contributed by atoms with E-state index in [0.29, 0.717) is 35.9 Å². The second-order valence-electron chi connectivity index (χ2n) is 5.44. The van der Waals surface area contributed by atoms with Crippen LogP contribution in [-0.4, -0.2) is 35.6 Å². The third-order valence-electron chi connectivity index (χ3n) is 3.30. The summed E-state index contributed by atoms with van der Waals surface area (Å²) in [6, 6.07) is 0. The van der Waals surface area contributed by atoms with Crippen LogP contribution in [0.3, 0.4) is 0 Å². The van der Waals surface area contributed by atoms with Crippen LogP contribution >= 0.6 is 41.7 Å². The monoisotopic (exact) mass is 484 g/mol. The smallest absolute Gasteiger partial charge is 0.250 e. The Kier molecular flexibility index (Phi) is 13.5. The van der Waals surface area contributed by atoms with E-state index in [2.05, 4.69) is 27.8 Å². The highest BCUT2D eigenvalue weighted by Gasteiger charge is 2.21. The van der Waals surface area contributed by atoms with Gasteiger partial charge in [0.05, 0.1) is 5.92 Å². The fourth-order valence-electron chi connectivity index (χ4n) is 1.92. The van der Waals surface area contributed by atoms with Crippen molar-refractivity contribution in [1.29, 1.82) is 0 Å². The summed E-state index contributed by atoms with van der Waals surface area (Å²) in [5.74, 6) is -0.267. The van der Waals surface area contributed by atoms with E-state index in [9.17, 15) is 9.59 Å². The molecule has 0 saturated heterocycles. The van der Waals surface area contributed by atoms with E-state index in [1.807, 2.05) is 6.92 Å². The zero-order valence-corrected chi connectivity index (χ0v) is 18.0. The van der Waals surface area contributed by atoms with Crippen molar-refractivity contribution in [3.05, 3.63) is 35.4 Å². The van der Waals surface area contributed by atoms with Crippen molar-refractivity contribution in [2.75, 3.05) is 18.8 Å². The molecular formula is C17H26ClIN2O2S. The summed E-state index contributed by atoms with van der Waals surface area (Å²) in [7, 11) is 1.54. The fourth-order valence-corrected chi connectivity index (χ4v) is 3.44. The lowest BCUT2D eigenvalue weighted by Crippen LogP contribution is -2.40. The van der Waals surface area contributed by atoms with Crippen LogP contribution in [0.25, 0.3) is 0 Å². The largest absolute Gasteiger partial charge is 0.369 e. The van der Waals surface area contributed by atoms with Crippen LogP contribution in [0.5, 0.6) is 0 Å². The van der Waals surface area contributed by atoms with Gasteiger partial charge in [-0.3, -0.25) is 9.59 Å². The first-order valence-electron chi connectivity index (χ1n) is 7.85. The molecule has 0 aliphatic carbocycles. The van der Waals surface area contributed by atoms with Gasteiger partial charge in [-0.2, -0.15) is 0 Å². The molecule has 1 atom stereocenters. The van der Waals surface area contributed by atoms with Gasteiger partial charge in [-0.25, -0.2) is 0 Å². The molecule has 0 aromatic carbocycles. The van der Waals surface area contributed by atoms with Gasteiger partial charge in [0.15, 0.2) is 0 Å². The first-order chi connectivity index (χ1) is 11.4. The van der Waals surface area contributed by atoms with Gasteiger partial charge in [-0.05, 0) is 46.5 Å². The lowest BCUT2D eigenvalue weighted by molar-refractivity contribution is -0.129. The van der Waals surface area contributed by atoms with Gasteiger partial charge in [0.25, 0.3) is 5.91 Å². The number of halogens is 2. The second-order valence-corrected chi connectivity index (χ2v) is 8.30. The lowest BCUT2D eigenvalue weighted by Gasteiger charge is -2.25. The zero-order chi connectivity index (χ0) is 18.5. The Balaban J connectivity index is 5.24. The average molecular weight is 485 g/mol. The molecule has 2 amide bonds. The van der Waals surface area contributed by atoms with Gasteiger partial charge < -0.3 is 10.6 Å². The third-order valence-corrected chi connectivity index (χ3v) is 4.97. The molecule has 0 aliphatic rings. The van der Waals surface area contributed by atoms with E-state index in [1.165, 1.54) is 0 Å². The molecule has 24 heavy (non-hydrogen) atoms. The molecule has 136 valence electrons. The van der Waals surface area contributed by atoms with Crippen LogP contribution < -0.4 is 5.73 Å².